The highest BCUT2D eigenvalue weighted by Gasteiger charge is 2.43. The van der Waals surface area contributed by atoms with Gasteiger partial charge in [-0.15, -0.1) is 0 Å². The molecule has 5 atom stereocenters. The van der Waals surface area contributed by atoms with Crippen molar-refractivity contribution in [1.29, 1.82) is 0 Å². The first-order valence-corrected chi connectivity index (χ1v) is 8.24. The third kappa shape index (κ3) is 2.42. The van der Waals surface area contributed by atoms with E-state index in [1.807, 2.05) is 0 Å². The topological polar surface area (TPSA) is 46.3 Å². The molecule has 0 aromatic rings. The second-order valence-electron chi connectivity index (χ2n) is 7.03. The van der Waals surface area contributed by atoms with Gasteiger partial charge in [-0.3, -0.25) is 4.79 Å². The van der Waals surface area contributed by atoms with Crippen molar-refractivity contribution in [2.45, 2.75) is 70.4 Å². The molecule has 5 unspecified atom stereocenters. The molecule has 1 heterocycles. The summed E-state index contributed by atoms with van der Waals surface area (Å²) in [6.07, 6.45) is 9.85. The van der Waals surface area contributed by atoms with Crippen LogP contribution in [0.15, 0.2) is 0 Å². The van der Waals surface area contributed by atoms with E-state index in [1.165, 1.54) is 44.9 Å². The maximum absolute atomic E-state index is 12.9. The molecule has 19 heavy (non-hydrogen) atoms. The molecule has 0 spiro atoms. The smallest absolute Gasteiger partial charge is 0.227 e. The minimum atomic E-state index is 0.0921. The Kier molecular flexibility index (Phi) is 3.84. The Labute approximate surface area is 116 Å². The summed E-state index contributed by atoms with van der Waals surface area (Å²) >= 11 is 0. The number of hydrogen-bond acceptors (Lipinski definition) is 2. The fourth-order valence-corrected chi connectivity index (χ4v) is 4.75. The standard InChI is InChI=1S/C16H28N2O/c1-11-5-4-7-13(17)15(11)16(19)18-10-9-12-6-2-3-8-14(12)18/h11-15H,2-10,17H2,1H3. The average Bonchev–Trinajstić information content (AvgIpc) is 2.82. The molecule has 1 saturated heterocycles. The van der Waals surface area contributed by atoms with Crippen LogP contribution in [0.2, 0.25) is 0 Å². The van der Waals surface area contributed by atoms with Gasteiger partial charge in [-0.1, -0.05) is 26.2 Å². The zero-order chi connectivity index (χ0) is 13.4. The van der Waals surface area contributed by atoms with E-state index in [1.54, 1.807) is 0 Å². The zero-order valence-corrected chi connectivity index (χ0v) is 12.2. The Morgan fingerprint density at radius 2 is 1.84 bits per heavy atom. The van der Waals surface area contributed by atoms with Gasteiger partial charge in [-0.05, 0) is 43.9 Å². The Balaban J connectivity index is 1.72. The van der Waals surface area contributed by atoms with Crippen LogP contribution in [0.4, 0.5) is 0 Å². The monoisotopic (exact) mass is 264 g/mol. The van der Waals surface area contributed by atoms with Gasteiger partial charge in [0.2, 0.25) is 5.91 Å². The van der Waals surface area contributed by atoms with Crippen molar-refractivity contribution in [3.63, 3.8) is 0 Å². The minimum absolute atomic E-state index is 0.0921. The van der Waals surface area contributed by atoms with E-state index < -0.39 is 0 Å². The number of nitrogens with zero attached hydrogens (tertiary/aromatic N) is 1. The lowest BCUT2D eigenvalue weighted by Gasteiger charge is -2.39. The molecular formula is C16H28N2O. The summed E-state index contributed by atoms with van der Waals surface area (Å²) < 4.78 is 0. The molecule has 0 bridgehead atoms. The van der Waals surface area contributed by atoms with Gasteiger partial charge in [0.25, 0.3) is 0 Å². The number of hydrogen-bond donors (Lipinski definition) is 1. The van der Waals surface area contributed by atoms with Gasteiger partial charge in [0, 0.05) is 18.6 Å². The lowest BCUT2D eigenvalue weighted by molar-refractivity contribution is -0.140. The Morgan fingerprint density at radius 3 is 2.63 bits per heavy atom. The van der Waals surface area contributed by atoms with E-state index in [-0.39, 0.29) is 12.0 Å². The Hall–Kier alpha value is -0.570. The average molecular weight is 264 g/mol. The zero-order valence-electron chi connectivity index (χ0n) is 12.2. The van der Waals surface area contributed by atoms with E-state index in [4.69, 9.17) is 5.73 Å². The summed E-state index contributed by atoms with van der Waals surface area (Å²) in [7, 11) is 0. The first-order chi connectivity index (χ1) is 9.18. The fourth-order valence-electron chi connectivity index (χ4n) is 4.75. The van der Waals surface area contributed by atoms with Gasteiger partial charge in [-0.25, -0.2) is 0 Å². The van der Waals surface area contributed by atoms with Crippen molar-refractivity contribution in [3.8, 4) is 0 Å². The predicted octanol–water partition coefficient (Wildman–Crippen LogP) is 2.54. The van der Waals surface area contributed by atoms with E-state index in [2.05, 4.69) is 11.8 Å². The number of rotatable bonds is 1. The fraction of sp³-hybridized carbons (Fsp3) is 0.938. The highest BCUT2D eigenvalue weighted by molar-refractivity contribution is 5.80. The molecule has 0 aromatic heterocycles. The summed E-state index contributed by atoms with van der Waals surface area (Å²) in [4.78, 5) is 15.1. The molecule has 3 fully saturated rings. The van der Waals surface area contributed by atoms with Crippen LogP contribution in [0.25, 0.3) is 0 Å². The molecule has 1 amide bonds. The quantitative estimate of drug-likeness (QED) is 0.791. The number of likely N-dealkylation sites (tertiary alicyclic amines) is 1. The predicted molar refractivity (Wildman–Crippen MR) is 76.6 cm³/mol. The van der Waals surface area contributed by atoms with Gasteiger partial charge in [-0.2, -0.15) is 0 Å². The Bertz CT molecular complexity index is 334. The largest absolute Gasteiger partial charge is 0.339 e. The number of carbonyl (C=O) groups is 1. The highest BCUT2D eigenvalue weighted by atomic mass is 16.2. The molecule has 108 valence electrons. The van der Waals surface area contributed by atoms with E-state index >= 15 is 0 Å². The van der Waals surface area contributed by atoms with Crippen LogP contribution in [-0.4, -0.2) is 29.4 Å². The Morgan fingerprint density at radius 1 is 1.05 bits per heavy atom. The molecule has 3 nitrogen and oxygen atoms in total. The maximum atomic E-state index is 12.9. The molecule has 1 aliphatic heterocycles. The van der Waals surface area contributed by atoms with Crippen LogP contribution in [0, 0.1) is 17.8 Å². The van der Waals surface area contributed by atoms with Crippen molar-refractivity contribution in [3.05, 3.63) is 0 Å². The van der Waals surface area contributed by atoms with Crippen molar-refractivity contribution in [2.75, 3.05) is 6.54 Å². The molecular weight excluding hydrogens is 236 g/mol. The number of carbonyl (C=O) groups excluding carboxylic acids is 1. The van der Waals surface area contributed by atoms with Crippen LogP contribution in [0.3, 0.4) is 0 Å². The minimum Gasteiger partial charge on any atom is -0.339 e. The molecule has 3 aliphatic rings. The second-order valence-corrected chi connectivity index (χ2v) is 7.03. The summed E-state index contributed by atoms with van der Waals surface area (Å²) in [6.45, 7) is 3.21. The summed E-state index contributed by atoms with van der Waals surface area (Å²) in [6, 6.07) is 0.640. The maximum Gasteiger partial charge on any atom is 0.227 e. The first-order valence-electron chi connectivity index (χ1n) is 8.24. The second kappa shape index (κ2) is 5.43. The van der Waals surface area contributed by atoms with Gasteiger partial charge in [0.05, 0.1) is 5.92 Å². The van der Waals surface area contributed by atoms with Crippen LogP contribution >= 0.6 is 0 Å². The van der Waals surface area contributed by atoms with Gasteiger partial charge < -0.3 is 10.6 Å². The molecule has 3 rings (SSSR count). The summed E-state index contributed by atoms with van der Waals surface area (Å²) in [5.74, 6) is 1.73. The van der Waals surface area contributed by atoms with Crippen LogP contribution < -0.4 is 5.73 Å². The van der Waals surface area contributed by atoms with Gasteiger partial charge in [0.15, 0.2) is 0 Å². The van der Waals surface area contributed by atoms with Crippen LogP contribution in [-0.2, 0) is 4.79 Å². The molecule has 0 aromatic carbocycles. The van der Waals surface area contributed by atoms with Gasteiger partial charge in [0.1, 0.15) is 0 Å². The number of nitrogens with two attached hydrogens (primary N) is 1. The van der Waals surface area contributed by atoms with Crippen LogP contribution in [0.1, 0.15) is 58.3 Å². The molecule has 2 saturated carbocycles. The third-order valence-electron chi connectivity index (χ3n) is 5.85. The molecule has 2 aliphatic carbocycles. The summed E-state index contributed by atoms with van der Waals surface area (Å²) in [5.41, 5.74) is 6.26. The van der Waals surface area contributed by atoms with Crippen molar-refractivity contribution in [1.82, 2.24) is 4.90 Å². The van der Waals surface area contributed by atoms with Crippen molar-refractivity contribution in [2.24, 2.45) is 23.5 Å². The SMILES string of the molecule is CC1CCCC(N)C1C(=O)N1CCC2CCCCC21. The number of amides is 1. The first kappa shape index (κ1) is 13.4. The normalized spacial score (nSPS) is 43.1. The molecule has 3 heteroatoms. The van der Waals surface area contributed by atoms with Crippen molar-refractivity contribution >= 4 is 5.91 Å². The third-order valence-corrected chi connectivity index (χ3v) is 5.85. The van der Waals surface area contributed by atoms with E-state index in [0.29, 0.717) is 17.9 Å². The van der Waals surface area contributed by atoms with Crippen LogP contribution in [0.5, 0.6) is 0 Å². The summed E-state index contributed by atoms with van der Waals surface area (Å²) in [5, 5.41) is 0. The van der Waals surface area contributed by atoms with Gasteiger partial charge >= 0.3 is 0 Å². The molecule has 0 radical (unpaired) electrons. The number of fused-ring (bicyclic) bond motifs is 1. The van der Waals surface area contributed by atoms with E-state index in [0.717, 1.165) is 18.9 Å². The van der Waals surface area contributed by atoms with Crippen molar-refractivity contribution < 1.29 is 4.79 Å². The van der Waals surface area contributed by atoms with E-state index in [9.17, 15) is 4.79 Å². The lowest BCUT2D eigenvalue weighted by atomic mass is 9.76. The molecule has 2 N–H and O–H groups in total. The lowest BCUT2D eigenvalue weighted by Crippen LogP contribution is -2.51. The highest BCUT2D eigenvalue weighted by Crippen LogP contribution is 2.39.